The predicted octanol–water partition coefficient (Wildman–Crippen LogP) is 2.50. The minimum atomic E-state index is -2.87. The Kier molecular flexibility index (Phi) is 5.50. The second kappa shape index (κ2) is 6.66. The van der Waals surface area contributed by atoms with E-state index < -0.39 is 12.2 Å². The van der Waals surface area contributed by atoms with E-state index in [-0.39, 0.29) is 12.4 Å². The Morgan fingerprint density at radius 3 is 2.61 bits per heavy atom. The number of rotatable bonds is 7. The summed E-state index contributed by atoms with van der Waals surface area (Å²) < 4.78 is 29.2. The lowest BCUT2D eigenvalue weighted by atomic mass is 9.92. The lowest BCUT2D eigenvalue weighted by Gasteiger charge is -2.31. The topological polar surface area (TPSA) is 41.5 Å². The summed E-state index contributed by atoms with van der Waals surface area (Å²) in [7, 11) is 0. The molecule has 1 aromatic carbocycles. The number of ether oxygens (including phenoxy) is 1. The van der Waals surface area contributed by atoms with Gasteiger partial charge in [0.15, 0.2) is 0 Å². The molecule has 1 atom stereocenters. The molecule has 18 heavy (non-hydrogen) atoms. The first-order valence-corrected chi connectivity index (χ1v) is 5.93. The Labute approximate surface area is 106 Å². The van der Waals surface area contributed by atoms with Crippen LogP contribution in [-0.2, 0) is 5.54 Å². The smallest absolute Gasteiger partial charge is 0.387 e. The highest BCUT2D eigenvalue weighted by molar-refractivity contribution is 5.39. The average molecular weight is 259 g/mol. The van der Waals surface area contributed by atoms with E-state index in [1.54, 1.807) is 25.1 Å². The van der Waals surface area contributed by atoms with Crippen LogP contribution in [0.4, 0.5) is 8.78 Å². The van der Waals surface area contributed by atoms with Gasteiger partial charge in [0.2, 0.25) is 0 Å². The van der Waals surface area contributed by atoms with Crippen molar-refractivity contribution in [1.82, 2.24) is 5.32 Å². The molecule has 0 saturated heterocycles. The van der Waals surface area contributed by atoms with Gasteiger partial charge in [-0.2, -0.15) is 8.78 Å². The Bertz CT molecular complexity index is 374. The molecule has 0 amide bonds. The van der Waals surface area contributed by atoms with Gasteiger partial charge < -0.3 is 15.2 Å². The van der Waals surface area contributed by atoms with Crippen LogP contribution < -0.4 is 10.1 Å². The Morgan fingerprint density at radius 1 is 1.39 bits per heavy atom. The van der Waals surface area contributed by atoms with Gasteiger partial charge in [0.25, 0.3) is 0 Å². The number of hydrogen-bond acceptors (Lipinski definition) is 3. The van der Waals surface area contributed by atoms with Crippen molar-refractivity contribution in [3.8, 4) is 5.75 Å². The fourth-order valence-electron chi connectivity index (χ4n) is 1.76. The standard InChI is InChI=1S/C13H19F2NO2/c1-3-8-16-13(2,9-17)10-6-4-5-7-11(10)18-12(14)15/h4-7,12,16-17H,3,8-9H2,1-2H3. The summed E-state index contributed by atoms with van der Waals surface area (Å²) in [4.78, 5) is 0. The molecular weight excluding hydrogens is 240 g/mol. The maximum absolute atomic E-state index is 12.3. The maximum atomic E-state index is 12.3. The second-order valence-electron chi connectivity index (χ2n) is 4.29. The van der Waals surface area contributed by atoms with Crippen LogP contribution in [0.3, 0.4) is 0 Å². The van der Waals surface area contributed by atoms with Gasteiger partial charge in [-0.15, -0.1) is 0 Å². The van der Waals surface area contributed by atoms with Crippen LogP contribution in [0.1, 0.15) is 25.8 Å². The molecule has 102 valence electrons. The van der Waals surface area contributed by atoms with E-state index in [4.69, 9.17) is 0 Å². The van der Waals surface area contributed by atoms with Crippen molar-refractivity contribution in [2.75, 3.05) is 13.2 Å². The molecule has 0 aliphatic carbocycles. The molecule has 0 aromatic heterocycles. The van der Waals surface area contributed by atoms with Crippen LogP contribution in [0, 0.1) is 0 Å². The first kappa shape index (κ1) is 14.9. The van der Waals surface area contributed by atoms with E-state index >= 15 is 0 Å². The molecule has 0 aliphatic heterocycles. The number of nitrogens with one attached hydrogen (secondary N) is 1. The second-order valence-corrected chi connectivity index (χ2v) is 4.29. The first-order chi connectivity index (χ1) is 8.53. The van der Waals surface area contributed by atoms with Crippen LogP contribution in [0.25, 0.3) is 0 Å². The van der Waals surface area contributed by atoms with Crippen LogP contribution >= 0.6 is 0 Å². The van der Waals surface area contributed by atoms with Gasteiger partial charge in [-0.05, 0) is 26.0 Å². The predicted molar refractivity (Wildman–Crippen MR) is 65.8 cm³/mol. The summed E-state index contributed by atoms with van der Waals surface area (Å²) in [5.74, 6) is 0.0904. The van der Waals surface area contributed by atoms with Gasteiger partial charge in [-0.3, -0.25) is 0 Å². The lowest BCUT2D eigenvalue weighted by Crippen LogP contribution is -2.43. The van der Waals surface area contributed by atoms with Gasteiger partial charge in [0, 0.05) is 5.56 Å². The van der Waals surface area contributed by atoms with E-state index in [1.807, 2.05) is 6.92 Å². The van der Waals surface area contributed by atoms with Gasteiger partial charge in [0.05, 0.1) is 12.1 Å². The molecule has 1 aromatic rings. The largest absolute Gasteiger partial charge is 0.434 e. The third kappa shape index (κ3) is 3.65. The number of halogens is 2. The van der Waals surface area contributed by atoms with Crippen LogP contribution in [0.2, 0.25) is 0 Å². The SMILES string of the molecule is CCCNC(C)(CO)c1ccccc1OC(F)F. The molecule has 1 rings (SSSR count). The molecule has 5 heteroatoms. The zero-order valence-corrected chi connectivity index (χ0v) is 10.6. The average Bonchev–Trinajstić information content (AvgIpc) is 2.36. The van der Waals surface area contributed by atoms with Crippen molar-refractivity contribution < 1.29 is 18.6 Å². The van der Waals surface area contributed by atoms with E-state index in [0.29, 0.717) is 12.1 Å². The Hall–Kier alpha value is -1.20. The quantitative estimate of drug-likeness (QED) is 0.790. The first-order valence-electron chi connectivity index (χ1n) is 5.93. The maximum Gasteiger partial charge on any atom is 0.387 e. The molecule has 0 heterocycles. The Morgan fingerprint density at radius 2 is 2.06 bits per heavy atom. The fourth-order valence-corrected chi connectivity index (χ4v) is 1.76. The number of benzene rings is 1. The lowest BCUT2D eigenvalue weighted by molar-refractivity contribution is -0.0515. The molecule has 0 bridgehead atoms. The number of para-hydroxylation sites is 1. The van der Waals surface area contributed by atoms with Gasteiger partial charge in [-0.1, -0.05) is 25.1 Å². The van der Waals surface area contributed by atoms with E-state index in [2.05, 4.69) is 10.1 Å². The van der Waals surface area contributed by atoms with E-state index in [0.717, 1.165) is 6.42 Å². The molecule has 3 nitrogen and oxygen atoms in total. The monoisotopic (exact) mass is 259 g/mol. The molecule has 0 radical (unpaired) electrons. The number of aliphatic hydroxyl groups excluding tert-OH is 1. The summed E-state index contributed by atoms with van der Waals surface area (Å²) in [5.41, 5.74) is -0.261. The van der Waals surface area contributed by atoms with Crippen molar-refractivity contribution in [3.63, 3.8) is 0 Å². The third-order valence-corrected chi connectivity index (χ3v) is 2.78. The third-order valence-electron chi connectivity index (χ3n) is 2.78. The molecule has 1 unspecified atom stereocenters. The van der Waals surface area contributed by atoms with Crippen molar-refractivity contribution in [2.45, 2.75) is 32.4 Å². The minimum Gasteiger partial charge on any atom is -0.434 e. The number of hydrogen-bond donors (Lipinski definition) is 2. The molecular formula is C13H19F2NO2. The zero-order valence-electron chi connectivity index (χ0n) is 10.6. The van der Waals surface area contributed by atoms with Crippen LogP contribution in [0.15, 0.2) is 24.3 Å². The summed E-state index contributed by atoms with van der Waals surface area (Å²) in [6.07, 6.45) is 0.882. The highest BCUT2D eigenvalue weighted by atomic mass is 19.3. The summed E-state index contributed by atoms with van der Waals surface area (Å²) in [6.45, 7) is 1.36. The highest BCUT2D eigenvalue weighted by Crippen LogP contribution is 2.30. The van der Waals surface area contributed by atoms with Crippen molar-refractivity contribution in [1.29, 1.82) is 0 Å². The van der Waals surface area contributed by atoms with Crippen molar-refractivity contribution in [3.05, 3.63) is 29.8 Å². The van der Waals surface area contributed by atoms with E-state index in [1.165, 1.54) is 6.07 Å². The summed E-state index contributed by atoms with van der Waals surface area (Å²) >= 11 is 0. The Balaban J connectivity index is 3.04. The number of aliphatic hydroxyl groups is 1. The molecule has 0 fully saturated rings. The molecule has 0 aliphatic rings. The normalized spacial score (nSPS) is 14.6. The van der Waals surface area contributed by atoms with Crippen LogP contribution in [-0.4, -0.2) is 24.9 Å². The van der Waals surface area contributed by atoms with Crippen molar-refractivity contribution in [2.24, 2.45) is 0 Å². The fraction of sp³-hybridized carbons (Fsp3) is 0.538. The van der Waals surface area contributed by atoms with E-state index in [9.17, 15) is 13.9 Å². The van der Waals surface area contributed by atoms with Gasteiger partial charge >= 0.3 is 6.61 Å². The highest BCUT2D eigenvalue weighted by Gasteiger charge is 2.28. The van der Waals surface area contributed by atoms with Gasteiger partial charge in [0.1, 0.15) is 5.75 Å². The molecule has 2 N–H and O–H groups in total. The zero-order chi connectivity index (χ0) is 13.6. The molecule has 0 spiro atoms. The van der Waals surface area contributed by atoms with Gasteiger partial charge in [-0.25, -0.2) is 0 Å². The van der Waals surface area contributed by atoms with Crippen LogP contribution in [0.5, 0.6) is 5.75 Å². The van der Waals surface area contributed by atoms with Crippen molar-refractivity contribution >= 4 is 0 Å². The molecule has 0 saturated carbocycles. The minimum absolute atomic E-state index is 0.0904. The summed E-state index contributed by atoms with van der Waals surface area (Å²) in [6, 6.07) is 6.51. The number of alkyl halides is 2. The summed E-state index contributed by atoms with van der Waals surface area (Å²) in [5, 5.41) is 12.7.